The molecule has 140 valence electrons. The van der Waals surface area contributed by atoms with Crippen LogP contribution in [0.25, 0.3) is 0 Å². The Morgan fingerprint density at radius 1 is 1.08 bits per heavy atom. The lowest BCUT2D eigenvalue weighted by Gasteiger charge is -2.49. The molecule has 0 aromatic carbocycles. The number of rotatable bonds is 4. The maximum absolute atomic E-state index is 12.3. The fourth-order valence-corrected chi connectivity index (χ4v) is 5.92. The summed E-state index contributed by atoms with van der Waals surface area (Å²) in [7, 11) is -0.877. The summed E-state index contributed by atoms with van der Waals surface area (Å²) >= 11 is 0. The Bertz CT molecular complexity index is 509. The molecule has 3 fully saturated rings. The van der Waals surface area contributed by atoms with Gasteiger partial charge in [-0.05, 0) is 39.2 Å². The van der Waals surface area contributed by atoms with Crippen molar-refractivity contribution in [2.75, 3.05) is 58.7 Å². The summed E-state index contributed by atoms with van der Waals surface area (Å²) in [6.07, 6.45) is 4.56. The molecular formula is C17H33N3O3S. The highest BCUT2D eigenvalue weighted by molar-refractivity contribution is 7.89. The number of piperazine rings is 1. The number of hydrogen-bond acceptors (Lipinski definition) is 5. The summed E-state index contributed by atoms with van der Waals surface area (Å²) in [5.74, 6) is 0.269. The van der Waals surface area contributed by atoms with Gasteiger partial charge in [0.25, 0.3) is 0 Å². The fourth-order valence-electron chi connectivity index (χ4n) is 4.41. The number of sulfonamides is 1. The molecule has 1 spiro atoms. The van der Waals surface area contributed by atoms with Crippen LogP contribution in [0, 0.1) is 0 Å². The van der Waals surface area contributed by atoms with Crippen LogP contribution in [0.15, 0.2) is 0 Å². The topological polar surface area (TPSA) is 53.1 Å². The summed E-state index contributed by atoms with van der Waals surface area (Å²) in [5.41, 5.74) is -0.0928. The SMILES string of the molecule is CCCS(=O)(=O)N1CCC2(CC1)CC(N1CCN(C)CC1)CCO2. The van der Waals surface area contributed by atoms with Gasteiger partial charge in [0, 0.05) is 51.9 Å². The van der Waals surface area contributed by atoms with E-state index in [1.54, 1.807) is 4.31 Å². The van der Waals surface area contributed by atoms with Gasteiger partial charge in [-0.25, -0.2) is 12.7 Å². The molecule has 3 aliphatic rings. The van der Waals surface area contributed by atoms with Crippen LogP contribution in [0.1, 0.15) is 39.0 Å². The highest BCUT2D eigenvalue weighted by Gasteiger charge is 2.43. The van der Waals surface area contributed by atoms with Gasteiger partial charge < -0.3 is 9.64 Å². The third-order valence-corrected chi connectivity index (χ3v) is 8.09. The zero-order valence-electron chi connectivity index (χ0n) is 15.2. The molecule has 0 amide bonds. The summed E-state index contributed by atoms with van der Waals surface area (Å²) in [6.45, 7) is 8.57. The quantitative estimate of drug-likeness (QED) is 0.749. The van der Waals surface area contributed by atoms with Crippen molar-refractivity contribution >= 4 is 10.0 Å². The van der Waals surface area contributed by atoms with Crippen LogP contribution in [-0.2, 0) is 14.8 Å². The molecule has 1 atom stereocenters. The Kier molecular flexibility index (Phi) is 5.87. The molecule has 7 heteroatoms. The van der Waals surface area contributed by atoms with Crippen molar-refractivity contribution in [1.82, 2.24) is 14.1 Å². The molecule has 0 aromatic heterocycles. The third kappa shape index (κ3) is 4.12. The molecule has 0 saturated carbocycles. The first-order valence-electron chi connectivity index (χ1n) is 9.48. The Hall–Kier alpha value is -0.210. The average Bonchev–Trinajstić information content (AvgIpc) is 2.56. The lowest BCUT2D eigenvalue weighted by molar-refractivity contribution is -0.129. The smallest absolute Gasteiger partial charge is 0.214 e. The second-order valence-electron chi connectivity index (χ2n) is 7.73. The van der Waals surface area contributed by atoms with Gasteiger partial charge in [0.15, 0.2) is 0 Å². The maximum Gasteiger partial charge on any atom is 0.214 e. The molecule has 6 nitrogen and oxygen atoms in total. The van der Waals surface area contributed by atoms with Crippen molar-refractivity contribution < 1.29 is 13.2 Å². The van der Waals surface area contributed by atoms with Crippen LogP contribution in [0.3, 0.4) is 0 Å². The summed E-state index contributed by atoms with van der Waals surface area (Å²) in [5, 5.41) is 0. The van der Waals surface area contributed by atoms with Gasteiger partial charge >= 0.3 is 0 Å². The van der Waals surface area contributed by atoms with Crippen molar-refractivity contribution in [3.63, 3.8) is 0 Å². The highest BCUT2D eigenvalue weighted by atomic mass is 32.2. The van der Waals surface area contributed by atoms with E-state index in [9.17, 15) is 8.42 Å². The molecule has 3 rings (SSSR count). The molecule has 0 aromatic rings. The third-order valence-electron chi connectivity index (χ3n) is 6.01. The van der Waals surface area contributed by atoms with Gasteiger partial charge in [-0.3, -0.25) is 4.90 Å². The van der Waals surface area contributed by atoms with E-state index in [1.165, 1.54) is 0 Å². The first-order valence-corrected chi connectivity index (χ1v) is 11.1. The summed E-state index contributed by atoms with van der Waals surface area (Å²) in [4.78, 5) is 5.02. The van der Waals surface area contributed by atoms with Crippen molar-refractivity contribution in [1.29, 1.82) is 0 Å². The van der Waals surface area contributed by atoms with E-state index in [-0.39, 0.29) is 11.4 Å². The van der Waals surface area contributed by atoms with Gasteiger partial charge in [0.05, 0.1) is 11.4 Å². The van der Waals surface area contributed by atoms with Crippen LogP contribution in [0.2, 0.25) is 0 Å². The second-order valence-corrected chi connectivity index (χ2v) is 9.82. The van der Waals surface area contributed by atoms with Crippen LogP contribution in [-0.4, -0.2) is 92.8 Å². The van der Waals surface area contributed by atoms with Crippen molar-refractivity contribution in [3.05, 3.63) is 0 Å². The molecule has 0 aliphatic carbocycles. The minimum atomic E-state index is -3.07. The van der Waals surface area contributed by atoms with Gasteiger partial charge in [-0.15, -0.1) is 0 Å². The number of nitrogens with zero attached hydrogens (tertiary/aromatic N) is 3. The van der Waals surface area contributed by atoms with E-state index < -0.39 is 10.0 Å². The maximum atomic E-state index is 12.3. The van der Waals surface area contributed by atoms with Crippen LogP contribution >= 0.6 is 0 Å². The molecule has 24 heavy (non-hydrogen) atoms. The van der Waals surface area contributed by atoms with Gasteiger partial charge in [-0.2, -0.15) is 0 Å². The fraction of sp³-hybridized carbons (Fsp3) is 1.00. The molecular weight excluding hydrogens is 326 g/mol. The number of likely N-dealkylation sites (N-methyl/N-ethyl adjacent to an activating group) is 1. The van der Waals surface area contributed by atoms with E-state index in [2.05, 4.69) is 16.8 Å². The predicted molar refractivity (Wildman–Crippen MR) is 95.7 cm³/mol. The molecule has 0 radical (unpaired) electrons. The van der Waals surface area contributed by atoms with Gasteiger partial charge in [0.2, 0.25) is 10.0 Å². The standard InChI is InChI=1S/C17H33N3O3S/c1-3-14-24(21,22)20-7-5-17(6-8-20)15-16(4-13-23-17)19-11-9-18(2)10-12-19/h16H,3-15H2,1-2H3. The largest absolute Gasteiger partial charge is 0.375 e. The van der Waals surface area contributed by atoms with Crippen molar-refractivity contribution in [2.24, 2.45) is 0 Å². The lowest BCUT2D eigenvalue weighted by atomic mass is 9.82. The first kappa shape index (κ1) is 18.6. The number of hydrogen-bond donors (Lipinski definition) is 0. The Morgan fingerprint density at radius 3 is 2.38 bits per heavy atom. The number of piperidine rings is 1. The predicted octanol–water partition coefficient (Wildman–Crippen LogP) is 0.987. The molecule has 3 aliphatic heterocycles. The number of ether oxygens (including phenoxy) is 1. The van der Waals surface area contributed by atoms with Crippen molar-refractivity contribution in [3.8, 4) is 0 Å². The summed E-state index contributed by atoms with van der Waals surface area (Å²) < 4.78 is 32.4. The normalized spacial score (nSPS) is 30.7. The summed E-state index contributed by atoms with van der Waals surface area (Å²) in [6, 6.07) is 0.603. The van der Waals surface area contributed by atoms with Crippen LogP contribution in [0.5, 0.6) is 0 Å². The first-order chi connectivity index (χ1) is 11.4. The van der Waals surface area contributed by atoms with E-state index >= 15 is 0 Å². The average molecular weight is 360 g/mol. The highest BCUT2D eigenvalue weighted by Crippen LogP contribution is 2.37. The van der Waals surface area contributed by atoms with Crippen LogP contribution < -0.4 is 0 Å². The van der Waals surface area contributed by atoms with Gasteiger partial charge in [-0.1, -0.05) is 6.92 Å². The molecule has 0 bridgehead atoms. The second kappa shape index (κ2) is 7.58. The Balaban J connectivity index is 1.57. The minimum Gasteiger partial charge on any atom is -0.375 e. The van der Waals surface area contributed by atoms with E-state index in [0.717, 1.165) is 58.5 Å². The monoisotopic (exact) mass is 359 g/mol. The van der Waals surface area contributed by atoms with Crippen molar-refractivity contribution in [2.45, 2.75) is 50.7 Å². The molecule has 3 heterocycles. The zero-order chi connectivity index (χ0) is 17.2. The van der Waals surface area contributed by atoms with Crippen LogP contribution in [0.4, 0.5) is 0 Å². The van der Waals surface area contributed by atoms with E-state index in [4.69, 9.17) is 4.74 Å². The Labute approximate surface area is 147 Å². The lowest BCUT2D eigenvalue weighted by Crippen LogP contribution is -2.57. The molecule has 1 unspecified atom stereocenters. The Morgan fingerprint density at radius 2 is 1.75 bits per heavy atom. The van der Waals surface area contributed by atoms with E-state index in [0.29, 0.717) is 25.6 Å². The zero-order valence-corrected chi connectivity index (χ0v) is 16.1. The van der Waals surface area contributed by atoms with E-state index in [1.807, 2.05) is 6.92 Å². The minimum absolute atomic E-state index is 0.0928. The molecule has 3 saturated heterocycles. The molecule has 0 N–H and O–H groups in total. The van der Waals surface area contributed by atoms with Gasteiger partial charge in [0.1, 0.15) is 0 Å².